The number of phenolic OH excluding ortho intramolecular Hbond substituents is 1. The van der Waals surface area contributed by atoms with Crippen LogP contribution < -0.4 is 10.6 Å². The fourth-order valence-electron chi connectivity index (χ4n) is 1.51. The van der Waals surface area contributed by atoms with Gasteiger partial charge in [0.15, 0.2) is 0 Å². The molecule has 0 bridgehead atoms. The molecule has 0 heterocycles. The Bertz CT molecular complexity index is 419. The summed E-state index contributed by atoms with van der Waals surface area (Å²) in [5.41, 5.74) is 0.448. The zero-order valence-corrected chi connectivity index (χ0v) is 9.37. The summed E-state index contributed by atoms with van der Waals surface area (Å²) in [6, 6.07) is 4.09. The van der Waals surface area contributed by atoms with Crippen LogP contribution in [-0.4, -0.2) is 23.6 Å². The van der Waals surface area contributed by atoms with Gasteiger partial charge in [0.05, 0.1) is 6.54 Å². The second-order valence-electron chi connectivity index (χ2n) is 4.22. The number of phenols is 1. The van der Waals surface area contributed by atoms with Gasteiger partial charge in [-0.1, -0.05) is 0 Å². The minimum atomic E-state index is -0.401. The van der Waals surface area contributed by atoms with Crippen molar-refractivity contribution in [3.8, 4) is 5.75 Å². The molecule has 1 aliphatic rings. The highest BCUT2D eigenvalue weighted by atomic mass is 19.1. The van der Waals surface area contributed by atoms with Crippen molar-refractivity contribution in [3.05, 3.63) is 29.6 Å². The molecule has 17 heavy (non-hydrogen) atoms. The van der Waals surface area contributed by atoms with Gasteiger partial charge in [-0.3, -0.25) is 4.79 Å². The van der Waals surface area contributed by atoms with Gasteiger partial charge in [-0.2, -0.15) is 0 Å². The monoisotopic (exact) mass is 238 g/mol. The van der Waals surface area contributed by atoms with Crippen LogP contribution in [0.2, 0.25) is 0 Å². The number of hydrogen-bond donors (Lipinski definition) is 3. The third kappa shape index (κ3) is 3.71. The first kappa shape index (κ1) is 11.9. The van der Waals surface area contributed by atoms with Crippen molar-refractivity contribution >= 4 is 5.91 Å². The molecular formula is C12H15FN2O2. The normalized spacial score (nSPS) is 14.6. The second-order valence-corrected chi connectivity index (χ2v) is 4.22. The summed E-state index contributed by atoms with van der Waals surface area (Å²) in [5, 5.41) is 15.1. The highest BCUT2D eigenvalue weighted by Gasteiger charge is 2.22. The lowest BCUT2D eigenvalue weighted by Gasteiger charge is -2.07. The quantitative estimate of drug-likeness (QED) is 0.714. The number of rotatable bonds is 5. The molecule has 0 aliphatic heterocycles. The molecule has 0 saturated heterocycles. The summed E-state index contributed by atoms with van der Waals surface area (Å²) in [7, 11) is 0. The number of benzene rings is 1. The van der Waals surface area contributed by atoms with E-state index in [1.165, 1.54) is 18.2 Å². The SMILES string of the molecule is O=C(CNCc1cc(F)ccc1O)NC1CC1. The molecule has 4 nitrogen and oxygen atoms in total. The Morgan fingerprint density at radius 1 is 1.47 bits per heavy atom. The van der Waals surface area contributed by atoms with E-state index in [1.807, 2.05) is 0 Å². The first-order valence-corrected chi connectivity index (χ1v) is 5.62. The van der Waals surface area contributed by atoms with E-state index >= 15 is 0 Å². The summed E-state index contributed by atoms with van der Waals surface area (Å²) in [6.07, 6.45) is 2.10. The van der Waals surface area contributed by atoms with Crippen molar-refractivity contribution < 1.29 is 14.3 Å². The molecule has 0 unspecified atom stereocenters. The lowest BCUT2D eigenvalue weighted by Crippen LogP contribution is -2.34. The van der Waals surface area contributed by atoms with Crippen molar-refractivity contribution in [2.45, 2.75) is 25.4 Å². The molecule has 2 rings (SSSR count). The number of carbonyl (C=O) groups excluding carboxylic acids is 1. The van der Waals surface area contributed by atoms with E-state index in [1.54, 1.807) is 0 Å². The van der Waals surface area contributed by atoms with Gasteiger partial charge in [0, 0.05) is 18.2 Å². The number of hydrogen-bond acceptors (Lipinski definition) is 3. The molecule has 1 fully saturated rings. The van der Waals surface area contributed by atoms with Gasteiger partial charge in [-0.05, 0) is 31.0 Å². The number of halogens is 1. The minimum Gasteiger partial charge on any atom is -0.508 e. The van der Waals surface area contributed by atoms with Crippen LogP contribution in [0.25, 0.3) is 0 Å². The minimum absolute atomic E-state index is 0.0292. The number of amides is 1. The zero-order chi connectivity index (χ0) is 12.3. The first-order valence-electron chi connectivity index (χ1n) is 5.62. The molecule has 3 N–H and O–H groups in total. The fourth-order valence-corrected chi connectivity index (χ4v) is 1.51. The van der Waals surface area contributed by atoms with Crippen molar-refractivity contribution in [2.75, 3.05) is 6.54 Å². The fraction of sp³-hybridized carbons (Fsp3) is 0.417. The summed E-state index contributed by atoms with van der Waals surface area (Å²) >= 11 is 0. The van der Waals surface area contributed by atoms with Gasteiger partial charge in [0.1, 0.15) is 11.6 Å². The Balaban J connectivity index is 1.76. The van der Waals surface area contributed by atoms with Gasteiger partial charge in [-0.25, -0.2) is 4.39 Å². The molecule has 0 aromatic heterocycles. The van der Waals surface area contributed by atoms with E-state index < -0.39 is 5.82 Å². The molecule has 0 atom stereocenters. The summed E-state index contributed by atoms with van der Waals surface area (Å²) < 4.78 is 12.9. The van der Waals surface area contributed by atoms with E-state index in [4.69, 9.17) is 0 Å². The van der Waals surface area contributed by atoms with Crippen LogP contribution in [-0.2, 0) is 11.3 Å². The maximum Gasteiger partial charge on any atom is 0.234 e. The molecule has 1 aromatic carbocycles. The Labute approximate surface area is 98.8 Å². The van der Waals surface area contributed by atoms with Crippen LogP contribution in [0.4, 0.5) is 4.39 Å². The van der Waals surface area contributed by atoms with Crippen molar-refractivity contribution in [1.29, 1.82) is 0 Å². The molecule has 92 valence electrons. The average molecular weight is 238 g/mol. The van der Waals surface area contributed by atoms with Crippen LogP contribution in [0.1, 0.15) is 18.4 Å². The zero-order valence-electron chi connectivity index (χ0n) is 9.37. The molecule has 1 aromatic rings. The maximum atomic E-state index is 12.9. The van der Waals surface area contributed by atoms with Crippen molar-refractivity contribution in [3.63, 3.8) is 0 Å². The van der Waals surface area contributed by atoms with Crippen LogP contribution in [0, 0.1) is 5.82 Å². The molecule has 1 saturated carbocycles. The molecule has 0 spiro atoms. The van der Waals surface area contributed by atoms with E-state index in [9.17, 15) is 14.3 Å². The average Bonchev–Trinajstić information content (AvgIpc) is 3.07. The summed E-state index contributed by atoms with van der Waals surface area (Å²) in [6.45, 7) is 0.439. The third-order valence-electron chi connectivity index (χ3n) is 2.59. The Morgan fingerprint density at radius 2 is 2.24 bits per heavy atom. The molecule has 1 aliphatic carbocycles. The lowest BCUT2D eigenvalue weighted by molar-refractivity contribution is -0.120. The van der Waals surface area contributed by atoms with Crippen LogP contribution in [0.15, 0.2) is 18.2 Å². The van der Waals surface area contributed by atoms with Gasteiger partial charge in [-0.15, -0.1) is 0 Å². The summed E-state index contributed by atoms with van der Waals surface area (Å²) in [4.78, 5) is 11.3. The van der Waals surface area contributed by atoms with Gasteiger partial charge >= 0.3 is 0 Å². The highest BCUT2D eigenvalue weighted by Crippen LogP contribution is 2.18. The van der Waals surface area contributed by atoms with Gasteiger partial charge in [0.25, 0.3) is 0 Å². The van der Waals surface area contributed by atoms with Crippen LogP contribution in [0.5, 0.6) is 5.75 Å². The van der Waals surface area contributed by atoms with Crippen molar-refractivity contribution in [1.82, 2.24) is 10.6 Å². The van der Waals surface area contributed by atoms with E-state index in [2.05, 4.69) is 10.6 Å². The first-order chi connectivity index (χ1) is 8.15. The number of aromatic hydroxyl groups is 1. The van der Waals surface area contributed by atoms with Crippen LogP contribution in [0.3, 0.4) is 0 Å². The molecule has 5 heteroatoms. The Hall–Kier alpha value is -1.62. The summed E-state index contributed by atoms with van der Waals surface area (Å²) in [5.74, 6) is -0.438. The molecule has 1 amide bonds. The van der Waals surface area contributed by atoms with Crippen LogP contribution >= 0.6 is 0 Å². The van der Waals surface area contributed by atoms with Crippen molar-refractivity contribution in [2.24, 2.45) is 0 Å². The topological polar surface area (TPSA) is 61.4 Å². The number of carbonyl (C=O) groups is 1. The molecule has 0 radical (unpaired) electrons. The van der Waals surface area contributed by atoms with E-state index in [0.717, 1.165) is 12.8 Å². The maximum absolute atomic E-state index is 12.9. The van der Waals surface area contributed by atoms with E-state index in [-0.39, 0.29) is 24.7 Å². The Morgan fingerprint density at radius 3 is 2.94 bits per heavy atom. The van der Waals surface area contributed by atoms with Gasteiger partial charge < -0.3 is 15.7 Å². The predicted octanol–water partition coefficient (Wildman–Crippen LogP) is 0.900. The molecular weight excluding hydrogens is 223 g/mol. The third-order valence-corrected chi connectivity index (χ3v) is 2.59. The van der Waals surface area contributed by atoms with E-state index in [0.29, 0.717) is 11.6 Å². The lowest BCUT2D eigenvalue weighted by atomic mass is 10.2. The van der Waals surface area contributed by atoms with Gasteiger partial charge in [0.2, 0.25) is 5.91 Å². The second kappa shape index (κ2) is 5.14. The Kier molecular flexibility index (Phi) is 3.58. The predicted molar refractivity (Wildman–Crippen MR) is 60.9 cm³/mol. The number of nitrogens with one attached hydrogen (secondary N) is 2. The highest BCUT2D eigenvalue weighted by molar-refractivity contribution is 5.78. The standard InChI is InChI=1S/C12H15FN2O2/c13-9-1-4-11(16)8(5-9)6-14-7-12(17)15-10-2-3-10/h1,4-5,10,14,16H,2-3,6-7H2,(H,15,17). The smallest absolute Gasteiger partial charge is 0.234 e. The largest absolute Gasteiger partial charge is 0.508 e.